The molecule has 1 fully saturated rings. The number of para-hydroxylation sites is 4. The average Bonchev–Trinajstić information content (AvgIpc) is 3.09. The molecule has 10 heteroatoms. The lowest BCUT2D eigenvalue weighted by molar-refractivity contribution is -0.150. The third-order valence-electron chi connectivity index (χ3n) is 8.61. The van der Waals surface area contributed by atoms with Gasteiger partial charge in [0, 0.05) is 12.3 Å². The maximum absolute atomic E-state index is 14.4. The molecule has 0 radical (unpaired) electrons. The quantitative estimate of drug-likeness (QED) is 0.124. The van der Waals surface area contributed by atoms with E-state index in [1.165, 1.54) is 6.92 Å². The first-order chi connectivity index (χ1) is 24.2. The Morgan fingerprint density at radius 3 is 1.84 bits per heavy atom. The van der Waals surface area contributed by atoms with Crippen LogP contribution in [0.5, 0.6) is 23.0 Å². The molecule has 0 aliphatic heterocycles. The number of ether oxygens (including phenoxy) is 4. The van der Waals surface area contributed by atoms with Gasteiger partial charge in [-0.25, -0.2) is 0 Å². The van der Waals surface area contributed by atoms with Crippen molar-refractivity contribution < 1.29 is 38.4 Å². The van der Waals surface area contributed by atoms with Crippen molar-refractivity contribution in [2.45, 2.75) is 52.2 Å². The largest absolute Gasteiger partial charge is 0.492 e. The maximum atomic E-state index is 14.4. The molecule has 3 N–H and O–H groups in total. The number of carbonyl (C=O) groups excluding carboxylic acids is 3. The van der Waals surface area contributed by atoms with E-state index >= 15 is 0 Å². The third kappa shape index (κ3) is 8.26. The monoisotopic (exact) mass is 680 g/mol. The van der Waals surface area contributed by atoms with E-state index in [4.69, 9.17) is 18.9 Å². The summed E-state index contributed by atoms with van der Waals surface area (Å²) >= 11 is 0. The molecule has 4 unspecified atom stereocenters. The smallest absolute Gasteiger partial charge is 0.235 e. The first-order valence-electron chi connectivity index (χ1n) is 16.9. The Morgan fingerprint density at radius 1 is 0.700 bits per heavy atom. The average molecular weight is 681 g/mol. The van der Waals surface area contributed by atoms with Gasteiger partial charge in [-0.2, -0.15) is 0 Å². The summed E-state index contributed by atoms with van der Waals surface area (Å²) in [6.07, 6.45) is -0.420. The van der Waals surface area contributed by atoms with Crippen LogP contribution in [0.1, 0.15) is 51.2 Å². The number of amides is 2. The molecule has 1 aliphatic carbocycles. The third-order valence-corrected chi connectivity index (χ3v) is 8.61. The van der Waals surface area contributed by atoms with E-state index in [-0.39, 0.29) is 6.61 Å². The van der Waals surface area contributed by atoms with Crippen LogP contribution in [-0.2, 0) is 21.0 Å². The number of hydrogen-bond acceptors (Lipinski definition) is 8. The number of benzene rings is 4. The summed E-state index contributed by atoms with van der Waals surface area (Å²) < 4.78 is 23.6. The van der Waals surface area contributed by atoms with E-state index in [0.29, 0.717) is 59.8 Å². The maximum Gasteiger partial charge on any atom is 0.235 e. The molecule has 2 amide bonds. The summed E-state index contributed by atoms with van der Waals surface area (Å²) in [7, 11) is 0. The zero-order valence-corrected chi connectivity index (χ0v) is 28.8. The van der Waals surface area contributed by atoms with Crippen molar-refractivity contribution in [2.24, 2.45) is 11.8 Å². The molecule has 4 atom stereocenters. The molecule has 1 aliphatic rings. The second-order valence-electron chi connectivity index (χ2n) is 12.2. The Hall–Kier alpha value is -5.35. The fraction of sp³-hybridized carbons (Fsp3) is 0.325. The molecule has 5 rings (SSSR count). The molecule has 0 aromatic heterocycles. The van der Waals surface area contributed by atoms with Crippen molar-refractivity contribution in [3.05, 3.63) is 108 Å². The van der Waals surface area contributed by atoms with E-state index in [9.17, 15) is 19.5 Å². The molecule has 0 saturated heterocycles. The number of ketones is 1. The van der Waals surface area contributed by atoms with Crippen LogP contribution in [0.4, 0.5) is 11.4 Å². The van der Waals surface area contributed by atoms with Crippen LogP contribution in [0.3, 0.4) is 0 Å². The summed E-state index contributed by atoms with van der Waals surface area (Å²) in [6, 6.07) is 28.7. The molecule has 4 aromatic rings. The van der Waals surface area contributed by atoms with Gasteiger partial charge in [-0.05, 0) is 75.2 Å². The van der Waals surface area contributed by atoms with E-state index in [1.54, 1.807) is 66.7 Å². The number of Topliss-reactive ketones (excluding diaryl/α,β-unsaturated/α-hetero) is 1. The summed E-state index contributed by atoms with van der Waals surface area (Å²) in [5.41, 5.74) is 0.374. The fourth-order valence-corrected chi connectivity index (χ4v) is 6.47. The lowest BCUT2D eigenvalue weighted by atomic mass is 9.61. The summed E-state index contributed by atoms with van der Waals surface area (Å²) in [5, 5.41) is 17.7. The minimum absolute atomic E-state index is 0.283. The Kier molecular flexibility index (Phi) is 11.8. The van der Waals surface area contributed by atoms with E-state index < -0.39 is 47.4 Å². The first kappa shape index (κ1) is 35.9. The van der Waals surface area contributed by atoms with Gasteiger partial charge in [0.2, 0.25) is 11.8 Å². The van der Waals surface area contributed by atoms with Crippen molar-refractivity contribution >= 4 is 29.0 Å². The minimum atomic E-state index is -1.82. The number of carbonyl (C=O) groups is 3. The fourth-order valence-electron chi connectivity index (χ4n) is 6.47. The van der Waals surface area contributed by atoms with Gasteiger partial charge in [0.05, 0.1) is 42.7 Å². The van der Waals surface area contributed by atoms with Crippen LogP contribution in [0, 0.1) is 11.8 Å². The van der Waals surface area contributed by atoms with Crippen LogP contribution < -0.4 is 29.6 Å². The van der Waals surface area contributed by atoms with Crippen LogP contribution >= 0.6 is 0 Å². The molecule has 0 bridgehead atoms. The van der Waals surface area contributed by atoms with Gasteiger partial charge in [0.25, 0.3) is 0 Å². The standard InChI is InChI=1S/C40H44N2O8/c1-5-47-31-19-13-11-17-28(31)41-38(44)36-30(43)24-40(4,46)37(39(45)42-29-18-12-14-20-32(29)48-6-2)35(36)27-21-22-33(34(23-27)49-7-3)50-25-26-15-9-8-10-16-26/h8-23,35-37,46H,5-7,24-25H2,1-4H3,(H,41,44)(H,42,45). The number of anilines is 2. The molecule has 0 spiro atoms. The van der Waals surface area contributed by atoms with Crippen molar-refractivity contribution in [3.63, 3.8) is 0 Å². The highest BCUT2D eigenvalue weighted by molar-refractivity contribution is 6.11. The van der Waals surface area contributed by atoms with Gasteiger partial charge in [-0.15, -0.1) is 0 Å². The minimum Gasteiger partial charge on any atom is -0.492 e. The van der Waals surface area contributed by atoms with E-state index in [0.717, 1.165) is 5.56 Å². The van der Waals surface area contributed by atoms with Crippen molar-refractivity contribution in [1.82, 2.24) is 0 Å². The van der Waals surface area contributed by atoms with Gasteiger partial charge >= 0.3 is 0 Å². The van der Waals surface area contributed by atoms with Gasteiger partial charge in [-0.1, -0.05) is 60.7 Å². The van der Waals surface area contributed by atoms with Crippen LogP contribution in [0.2, 0.25) is 0 Å². The Bertz CT molecular complexity index is 1790. The highest BCUT2D eigenvalue weighted by atomic mass is 16.5. The molecular formula is C40H44N2O8. The lowest BCUT2D eigenvalue weighted by Gasteiger charge is -2.44. The van der Waals surface area contributed by atoms with Gasteiger partial charge in [-0.3, -0.25) is 14.4 Å². The van der Waals surface area contributed by atoms with Crippen molar-refractivity contribution in [2.75, 3.05) is 30.5 Å². The van der Waals surface area contributed by atoms with Crippen LogP contribution in [-0.4, -0.2) is 48.1 Å². The summed E-state index contributed by atoms with van der Waals surface area (Å²) in [6.45, 7) is 8.28. The Balaban J connectivity index is 1.59. The summed E-state index contributed by atoms with van der Waals surface area (Å²) in [4.78, 5) is 42.6. The molecule has 1 saturated carbocycles. The zero-order valence-electron chi connectivity index (χ0n) is 28.8. The highest BCUT2D eigenvalue weighted by Crippen LogP contribution is 2.48. The van der Waals surface area contributed by atoms with Crippen molar-refractivity contribution in [3.8, 4) is 23.0 Å². The zero-order chi connectivity index (χ0) is 35.7. The number of rotatable bonds is 14. The Morgan fingerprint density at radius 2 is 1.24 bits per heavy atom. The topological polar surface area (TPSA) is 132 Å². The number of nitrogens with one attached hydrogen (secondary N) is 2. The molecule has 4 aromatic carbocycles. The summed E-state index contributed by atoms with van der Waals surface area (Å²) in [5.74, 6) is -3.70. The molecular weight excluding hydrogens is 636 g/mol. The van der Waals surface area contributed by atoms with Gasteiger partial charge in [0.15, 0.2) is 11.5 Å². The SMILES string of the molecule is CCOc1ccccc1NC(=O)C1C(=O)CC(C)(O)C(C(=O)Nc2ccccc2OCC)C1c1ccc(OCc2ccccc2)c(OCC)c1. The molecule has 0 heterocycles. The normalized spacial score (nSPS) is 20.0. The van der Waals surface area contributed by atoms with Crippen LogP contribution in [0.15, 0.2) is 97.1 Å². The Labute approximate surface area is 292 Å². The molecule has 10 nitrogen and oxygen atoms in total. The van der Waals surface area contributed by atoms with Crippen molar-refractivity contribution in [1.29, 1.82) is 0 Å². The predicted molar refractivity (Wildman–Crippen MR) is 191 cm³/mol. The second-order valence-corrected chi connectivity index (χ2v) is 12.2. The highest BCUT2D eigenvalue weighted by Gasteiger charge is 2.56. The number of hydrogen-bond donors (Lipinski definition) is 3. The van der Waals surface area contributed by atoms with Crippen LogP contribution in [0.25, 0.3) is 0 Å². The van der Waals surface area contributed by atoms with E-state index in [2.05, 4.69) is 10.6 Å². The van der Waals surface area contributed by atoms with Gasteiger partial charge in [0.1, 0.15) is 29.8 Å². The number of aliphatic hydroxyl groups is 1. The first-order valence-corrected chi connectivity index (χ1v) is 16.9. The van der Waals surface area contributed by atoms with Gasteiger partial charge < -0.3 is 34.7 Å². The molecule has 50 heavy (non-hydrogen) atoms. The predicted octanol–water partition coefficient (Wildman–Crippen LogP) is 6.78. The molecule has 262 valence electrons. The van der Waals surface area contributed by atoms with E-state index in [1.807, 2.05) is 51.1 Å². The second kappa shape index (κ2) is 16.4. The lowest BCUT2D eigenvalue weighted by Crippen LogP contribution is -2.56.